The van der Waals surface area contributed by atoms with Crippen molar-refractivity contribution < 1.29 is 19.2 Å². The van der Waals surface area contributed by atoms with Crippen molar-refractivity contribution >= 4 is 50.7 Å². The minimum absolute atomic E-state index is 0.0512. The fourth-order valence-corrected chi connectivity index (χ4v) is 7.17. The van der Waals surface area contributed by atoms with Gasteiger partial charge in [0.25, 0.3) is 11.2 Å². The van der Waals surface area contributed by atoms with Gasteiger partial charge < -0.3 is 14.4 Å². The highest BCUT2D eigenvalue weighted by Gasteiger charge is 2.36. The van der Waals surface area contributed by atoms with Gasteiger partial charge in [0.05, 0.1) is 34.4 Å². The van der Waals surface area contributed by atoms with Crippen LogP contribution in [-0.4, -0.2) is 42.3 Å². The number of non-ortho nitro benzene ring substituents is 1. The maximum absolute atomic E-state index is 14.3. The summed E-state index contributed by atoms with van der Waals surface area (Å²) in [5, 5.41) is 11.7. The van der Waals surface area contributed by atoms with Gasteiger partial charge in [-0.15, -0.1) is 0 Å². The molecule has 5 rings (SSSR count). The smallest absolute Gasteiger partial charge is 0.338 e. The molecule has 3 aromatic rings. The van der Waals surface area contributed by atoms with Crippen LogP contribution in [0.5, 0.6) is 5.75 Å². The summed E-state index contributed by atoms with van der Waals surface area (Å²) in [6, 6.07) is 9.40. The third-order valence-corrected chi connectivity index (χ3v) is 9.49. The number of halogens is 1. The van der Waals surface area contributed by atoms with E-state index >= 15 is 0 Å². The number of ether oxygens (including phenoxy) is 2. The summed E-state index contributed by atoms with van der Waals surface area (Å²) < 4.78 is 13.8. The number of rotatable bonds is 9. The Balaban J connectivity index is 1.77. The number of anilines is 1. The number of hydrogen-bond donors (Lipinski definition) is 0. The van der Waals surface area contributed by atoms with Gasteiger partial charge in [0.2, 0.25) is 0 Å². The molecule has 10 nitrogen and oxygen atoms in total. The molecule has 0 spiro atoms. The van der Waals surface area contributed by atoms with Crippen LogP contribution in [0, 0.1) is 16.0 Å². The number of carbonyl (C=O) groups excluding carboxylic acids is 1. The average molecular weight is 684 g/mol. The number of nitro groups is 1. The summed E-state index contributed by atoms with van der Waals surface area (Å²) in [6.07, 6.45) is 4.99. The highest BCUT2D eigenvalue weighted by molar-refractivity contribution is 9.10. The molecule has 0 aliphatic carbocycles. The molecule has 2 aliphatic heterocycles. The summed E-state index contributed by atoms with van der Waals surface area (Å²) in [5.74, 6) is 0.575. The monoisotopic (exact) mass is 682 g/mol. The van der Waals surface area contributed by atoms with E-state index in [9.17, 15) is 19.7 Å². The van der Waals surface area contributed by atoms with Gasteiger partial charge in [-0.3, -0.25) is 19.5 Å². The number of nitro benzene ring substituents is 1. The van der Waals surface area contributed by atoms with E-state index in [2.05, 4.69) is 27.8 Å². The van der Waals surface area contributed by atoms with E-state index in [1.807, 2.05) is 19.1 Å². The lowest BCUT2D eigenvalue weighted by Gasteiger charge is -2.33. The summed E-state index contributed by atoms with van der Waals surface area (Å²) >= 11 is 4.74. The van der Waals surface area contributed by atoms with Crippen molar-refractivity contribution in [3.8, 4) is 5.75 Å². The van der Waals surface area contributed by atoms with Gasteiger partial charge in [0.15, 0.2) is 4.80 Å². The summed E-state index contributed by atoms with van der Waals surface area (Å²) in [6.45, 7) is 7.78. The summed E-state index contributed by atoms with van der Waals surface area (Å²) in [5.41, 5.74) is 2.49. The second kappa shape index (κ2) is 13.5. The molecular formula is C32H35BrN4O6S. The standard InChI is InChI=1S/C32H35BrN4O6S/c1-5-7-24-28(31(39)43-6-2)29(23-18-21(33)8-11-26(23)42-4)36-30(38)27(44-32(36)34-24)17-20-16-22(37(40)41)9-10-25(20)35-14-12-19(3)13-15-35/h8-11,16-19,29H,5-7,12-15H2,1-4H3/b27-17-/t29-/m1/s1. The highest BCUT2D eigenvalue weighted by atomic mass is 79.9. The van der Waals surface area contributed by atoms with E-state index in [1.165, 1.54) is 28.0 Å². The number of methoxy groups -OCH3 is 1. The predicted octanol–water partition coefficient (Wildman–Crippen LogP) is 5.49. The lowest BCUT2D eigenvalue weighted by atomic mass is 9.93. The zero-order chi connectivity index (χ0) is 31.5. The third kappa shape index (κ3) is 6.23. The lowest BCUT2D eigenvalue weighted by Crippen LogP contribution is -2.40. The van der Waals surface area contributed by atoms with Crippen LogP contribution in [-0.2, 0) is 9.53 Å². The van der Waals surface area contributed by atoms with Gasteiger partial charge in [-0.05, 0) is 62.4 Å². The van der Waals surface area contributed by atoms with Gasteiger partial charge >= 0.3 is 5.97 Å². The SMILES string of the molecule is CCCC1=C(C(=O)OCC)[C@@H](c2cc(Br)ccc2OC)n2c(s/c(=C\c3cc([N+](=O)[O-])ccc3N3CCC(C)CC3)c2=O)=N1. The first-order valence-corrected chi connectivity index (χ1v) is 16.4. The van der Waals surface area contributed by atoms with Crippen LogP contribution in [0.3, 0.4) is 0 Å². The molecule has 0 unspecified atom stereocenters. The topological polar surface area (TPSA) is 116 Å². The second-order valence-corrected chi connectivity index (χ2v) is 12.9. The van der Waals surface area contributed by atoms with Crippen molar-refractivity contribution in [3.05, 3.63) is 93.1 Å². The lowest BCUT2D eigenvalue weighted by molar-refractivity contribution is -0.384. The number of esters is 1. The summed E-state index contributed by atoms with van der Waals surface area (Å²) in [7, 11) is 1.54. The van der Waals surface area contributed by atoms with E-state index in [4.69, 9.17) is 14.5 Å². The summed E-state index contributed by atoms with van der Waals surface area (Å²) in [4.78, 5) is 46.7. The number of allylic oxidation sites excluding steroid dienone is 1. The van der Waals surface area contributed by atoms with Gasteiger partial charge in [-0.2, -0.15) is 0 Å². The zero-order valence-corrected chi connectivity index (χ0v) is 27.6. The molecule has 44 heavy (non-hydrogen) atoms. The maximum Gasteiger partial charge on any atom is 0.338 e. The number of nitrogens with zero attached hydrogens (tertiary/aromatic N) is 4. The molecule has 0 N–H and O–H groups in total. The molecule has 0 saturated carbocycles. The Morgan fingerprint density at radius 1 is 1.20 bits per heavy atom. The zero-order valence-electron chi connectivity index (χ0n) is 25.2. The molecule has 1 atom stereocenters. The number of piperidine rings is 1. The molecule has 232 valence electrons. The fourth-order valence-electron chi connectivity index (χ4n) is 5.78. The van der Waals surface area contributed by atoms with Crippen LogP contribution in [0.25, 0.3) is 6.08 Å². The fraction of sp³-hybridized carbons (Fsp3) is 0.406. The number of thiazole rings is 1. The Morgan fingerprint density at radius 2 is 1.95 bits per heavy atom. The van der Waals surface area contributed by atoms with E-state index in [-0.39, 0.29) is 17.9 Å². The Hall–Kier alpha value is -3.77. The minimum atomic E-state index is -0.852. The Kier molecular flexibility index (Phi) is 9.69. The average Bonchev–Trinajstić information content (AvgIpc) is 3.31. The molecule has 2 aromatic carbocycles. The normalized spacial score (nSPS) is 17.3. The van der Waals surface area contributed by atoms with E-state index in [0.717, 1.165) is 42.5 Å². The largest absolute Gasteiger partial charge is 0.496 e. The van der Waals surface area contributed by atoms with Crippen molar-refractivity contribution in [3.63, 3.8) is 0 Å². The maximum atomic E-state index is 14.3. The van der Waals surface area contributed by atoms with Gasteiger partial charge in [-0.1, -0.05) is 47.5 Å². The van der Waals surface area contributed by atoms with Crippen molar-refractivity contribution in [2.75, 3.05) is 31.7 Å². The first-order valence-electron chi connectivity index (χ1n) is 14.8. The van der Waals surface area contributed by atoms with Gasteiger partial charge in [-0.25, -0.2) is 9.79 Å². The molecular weight excluding hydrogens is 648 g/mol. The van der Waals surface area contributed by atoms with Crippen LogP contribution in [0.1, 0.15) is 63.6 Å². The van der Waals surface area contributed by atoms with Crippen LogP contribution in [0.15, 0.2) is 61.9 Å². The first kappa shape index (κ1) is 31.6. The van der Waals surface area contributed by atoms with Crippen LogP contribution >= 0.6 is 27.3 Å². The van der Waals surface area contributed by atoms with Crippen LogP contribution < -0.4 is 24.5 Å². The van der Waals surface area contributed by atoms with Gasteiger partial charge in [0, 0.05) is 46.5 Å². The Bertz CT molecular complexity index is 1810. The van der Waals surface area contributed by atoms with E-state index < -0.39 is 16.9 Å². The molecule has 1 saturated heterocycles. The number of benzene rings is 2. The Labute approximate surface area is 267 Å². The second-order valence-electron chi connectivity index (χ2n) is 11.0. The van der Waals surface area contributed by atoms with Crippen LogP contribution in [0.2, 0.25) is 0 Å². The van der Waals surface area contributed by atoms with Crippen LogP contribution in [0.4, 0.5) is 11.4 Å². The molecule has 0 amide bonds. The quantitative estimate of drug-likeness (QED) is 0.166. The van der Waals surface area contributed by atoms with Crippen molar-refractivity contribution in [1.29, 1.82) is 0 Å². The van der Waals surface area contributed by atoms with Crippen molar-refractivity contribution in [2.45, 2.75) is 52.5 Å². The Morgan fingerprint density at radius 3 is 2.61 bits per heavy atom. The molecule has 2 aliphatic rings. The third-order valence-electron chi connectivity index (χ3n) is 8.01. The van der Waals surface area contributed by atoms with Gasteiger partial charge in [0.1, 0.15) is 11.8 Å². The molecule has 0 bridgehead atoms. The van der Waals surface area contributed by atoms with Crippen molar-refractivity contribution in [2.24, 2.45) is 10.9 Å². The first-order chi connectivity index (χ1) is 21.2. The minimum Gasteiger partial charge on any atom is -0.496 e. The number of fused-ring (bicyclic) bond motifs is 1. The predicted molar refractivity (Wildman–Crippen MR) is 174 cm³/mol. The van der Waals surface area contributed by atoms with E-state index in [1.54, 1.807) is 32.2 Å². The van der Waals surface area contributed by atoms with Crippen molar-refractivity contribution in [1.82, 2.24) is 4.57 Å². The molecule has 3 heterocycles. The number of carbonyl (C=O) groups is 1. The molecule has 1 fully saturated rings. The van der Waals surface area contributed by atoms with E-state index in [0.29, 0.717) is 49.8 Å². The highest BCUT2D eigenvalue weighted by Crippen LogP contribution is 2.38. The number of hydrogen-bond acceptors (Lipinski definition) is 9. The molecule has 0 radical (unpaired) electrons. The molecule has 12 heteroatoms. The number of aromatic nitrogens is 1. The molecule has 1 aromatic heterocycles.